The van der Waals surface area contributed by atoms with E-state index in [2.05, 4.69) is 9.40 Å². The molecule has 0 spiro atoms. The van der Waals surface area contributed by atoms with Gasteiger partial charge in [0.05, 0.1) is 4.90 Å². The Morgan fingerprint density at radius 1 is 0.913 bits per heavy atom. The molecular weight excluding hydrogens is 359 g/mol. The standard InChI is InChI=1S/C11H4F7NO3S/c12-5-1-3-6(4-2-5)23(20,21)8-7(10(13,14)15)22-9(19-8)11(16,17)18/h1-4H. The molecule has 0 saturated heterocycles. The maximum absolute atomic E-state index is 12.7. The third-order valence-corrected chi connectivity index (χ3v) is 4.15. The van der Waals surface area contributed by atoms with Crippen molar-refractivity contribution in [2.75, 3.05) is 0 Å². The minimum Gasteiger partial charge on any atom is -0.427 e. The van der Waals surface area contributed by atoms with Gasteiger partial charge in [0.25, 0.3) is 0 Å². The fraction of sp³-hybridized carbons (Fsp3) is 0.182. The minimum absolute atomic E-state index is 0.590. The quantitative estimate of drug-likeness (QED) is 0.603. The highest BCUT2D eigenvalue weighted by Gasteiger charge is 2.48. The van der Waals surface area contributed by atoms with Gasteiger partial charge in [-0.05, 0) is 24.3 Å². The van der Waals surface area contributed by atoms with Gasteiger partial charge in [0.2, 0.25) is 20.6 Å². The molecule has 0 unspecified atom stereocenters. The van der Waals surface area contributed by atoms with Crippen LogP contribution in [0.4, 0.5) is 30.7 Å². The van der Waals surface area contributed by atoms with Gasteiger partial charge >= 0.3 is 18.2 Å². The van der Waals surface area contributed by atoms with Gasteiger partial charge < -0.3 is 4.42 Å². The van der Waals surface area contributed by atoms with Crippen LogP contribution >= 0.6 is 0 Å². The van der Waals surface area contributed by atoms with Crippen LogP contribution < -0.4 is 0 Å². The van der Waals surface area contributed by atoms with Crippen molar-refractivity contribution in [3.05, 3.63) is 41.7 Å². The molecule has 2 aromatic rings. The second kappa shape index (κ2) is 5.22. The fourth-order valence-electron chi connectivity index (χ4n) is 1.51. The zero-order valence-corrected chi connectivity index (χ0v) is 11.4. The van der Waals surface area contributed by atoms with E-state index >= 15 is 0 Å². The van der Waals surface area contributed by atoms with Crippen LogP contribution in [-0.4, -0.2) is 13.4 Å². The first-order valence-corrected chi connectivity index (χ1v) is 6.97. The number of benzene rings is 1. The summed E-state index contributed by atoms with van der Waals surface area (Å²) in [5.74, 6) is -5.66. The van der Waals surface area contributed by atoms with E-state index in [4.69, 9.17) is 0 Å². The summed E-state index contributed by atoms with van der Waals surface area (Å²) in [6.45, 7) is 0. The van der Waals surface area contributed by atoms with E-state index in [-0.39, 0.29) is 0 Å². The maximum atomic E-state index is 12.7. The topological polar surface area (TPSA) is 60.2 Å². The van der Waals surface area contributed by atoms with Gasteiger partial charge in [-0.15, -0.1) is 0 Å². The zero-order chi connectivity index (χ0) is 17.6. The van der Waals surface area contributed by atoms with Gasteiger partial charge in [0, 0.05) is 0 Å². The predicted octanol–water partition coefficient (Wildman–Crippen LogP) is 3.68. The summed E-state index contributed by atoms with van der Waals surface area (Å²) in [6.07, 6.45) is -10.9. The molecule has 0 bridgehead atoms. The molecule has 126 valence electrons. The van der Waals surface area contributed by atoms with Crippen molar-refractivity contribution in [1.82, 2.24) is 4.98 Å². The van der Waals surface area contributed by atoms with E-state index in [1.165, 1.54) is 0 Å². The molecule has 0 saturated carbocycles. The third-order valence-electron chi connectivity index (χ3n) is 2.47. The van der Waals surface area contributed by atoms with E-state index in [1.807, 2.05) is 0 Å². The lowest BCUT2D eigenvalue weighted by atomic mass is 10.4. The summed E-state index contributed by atoms with van der Waals surface area (Å²) in [5.41, 5.74) is 0. The maximum Gasteiger partial charge on any atom is 0.468 e. The van der Waals surface area contributed by atoms with Crippen molar-refractivity contribution in [3.8, 4) is 0 Å². The van der Waals surface area contributed by atoms with Gasteiger partial charge in [-0.25, -0.2) is 12.8 Å². The van der Waals surface area contributed by atoms with Crippen LogP contribution in [0.2, 0.25) is 0 Å². The SMILES string of the molecule is O=S(=O)(c1ccc(F)cc1)c1nc(C(F)(F)F)oc1C(F)(F)F. The summed E-state index contributed by atoms with van der Waals surface area (Å²) < 4.78 is 116. The van der Waals surface area contributed by atoms with Crippen molar-refractivity contribution in [2.24, 2.45) is 0 Å². The van der Waals surface area contributed by atoms with Gasteiger partial charge in [0.1, 0.15) is 5.82 Å². The Balaban J connectivity index is 2.70. The molecule has 23 heavy (non-hydrogen) atoms. The van der Waals surface area contributed by atoms with Gasteiger partial charge in [0.15, 0.2) is 0 Å². The monoisotopic (exact) mass is 363 g/mol. The molecule has 1 aromatic carbocycles. The van der Waals surface area contributed by atoms with Crippen molar-refractivity contribution < 1.29 is 43.6 Å². The number of oxazole rings is 1. The van der Waals surface area contributed by atoms with Gasteiger partial charge in [-0.2, -0.15) is 31.3 Å². The first-order chi connectivity index (χ1) is 10.3. The summed E-state index contributed by atoms with van der Waals surface area (Å²) >= 11 is 0. The van der Waals surface area contributed by atoms with Crippen molar-refractivity contribution in [3.63, 3.8) is 0 Å². The highest BCUT2D eigenvalue weighted by atomic mass is 32.2. The van der Waals surface area contributed by atoms with Crippen LogP contribution in [0.25, 0.3) is 0 Å². The lowest BCUT2D eigenvalue weighted by Crippen LogP contribution is -2.12. The van der Waals surface area contributed by atoms with Gasteiger partial charge in [-0.3, -0.25) is 0 Å². The van der Waals surface area contributed by atoms with Crippen LogP contribution in [0.1, 0.15) is 11.7 Å². The normalized spacial score (nSPS) is 13.3. The van der Waals surface area contributed by atoms with E-state index in [1.54, 1.807) is 0 Å². The molecule has 0 atom stereocenters. The number of aromatic nitrogens is 1. The molecule has 0 fully saturated rings. The highest BCUT2D eigenvalue weighted by Crippen LogP contribution is 2.40. The molecule has 0 aliphatic rings. The third kappa shape index (κ3) is 3.30. The Hall–Kier alpha value is -2.11. The summed E-state index contributed by atoms with van der Waals surface area (Å²) in [7, 11) is -5.10. The Morgan fingerprint density at radius 2 is 1.43 bits per heavy atom. The Labute approximate surface area is 123 Å². The van der Waals surface area contributed by atoms with E-state index in [9.17, 15) is 39.2 Å². The number of alkyl halides is 6. The minimum atomic E-state index is -5.53. The first kappa shape index (κ1) is 17.2. The molecule has 0 radical (unpaired) electrons. The number of hydrogen-bond donors (Lipinski definition) is 0. The molecular formula is C11H4F7NO3S. The van der Waals surface area contributed by atoms with E-state index < -0.39 is 49.6 Å². The molecule has 0 aliphatic heterocycles. The van der Waals surface area contributed by atoms with Crippen LogP contribution in [0, 0.1) is 5.82 Å². The molecule has 1 heterocycles. The highest BCUT2D eigenvalue weighted by molar-refractivity contribution is 7.91. The summed E-state index contributed by atoms with van der Waals surface area (Å²) in [4.78, 5) is 1.56. The number of nitrogens with zero attached hydrogens (tertiary/aromatic N) is 1. The van der Waals surface area contributed by atoms with Crippen LogP contribution in [0.3, 0.4) is 0 Å². The van der Waals surface area contributed by atoms with E-state index in [0.29, 0.717) is 24.3 Å². The second-order valence-corrected chi connectivity index (χ2v) is 5.97. The van der Waals surface area contributed by atoms with Gasteiger partial charge in [-0.1, -0.05) is 0 Å². The molecule has 4 nitrogen and oxygen atoms in total. The summed E-state index contributed by atoms with van der Waals surface area (Å²) in [6, 6.07) is 2.41. The average Bonchev–Trinajstić information content (AvgIpc) is 2.84. The van der Waals surface area contributed by atoms with E-state index in [0.717, 1.165) is 0 Å². The Kier molecular flexibility index (Phi) is 3.91. The Bertz CT molecular complexity index is 819. The second-order valence-electron chi connectivity index (χ2n) is 4.11. The summed E-state index contributed by atoms with van der Waals surface area (Å²) in [5, 5.41) is -1.94. The largest absolute Gasteiger partial charge is 0.468 e. The van der Waals surface area contributed by atoms with Crippen molar-refractivity contribution in [2.45, 2.75) is 22.3 Å². The smallest absolute Gasteiger partial charge is 0.427 e. The lowest BCUT2D eigenvalue weighted by molar-refractivity contribution is -0.173. The van der Waals surface area contributed by atoms with Crippen LogP contribution in [0.15, 0.2) is 38.6 Å². The molecule has 2 rings (SSSR count). The first-order valence-electron chi connectivity index (χ1n) is 5.49. The van der Waals surface area contributed by atoms with Crippen molar-refractivity contribution >= 4 is 9.84 Å². The fourth-order valence-corrected chi connectivity index (χ4v) is 2.84. The number of hydrogen-bond acceptors (Lipinski definition) is 4. The van der Waals surface area contributed by atoms with Crippen molar-refractivity contribution in [1.29, 1.82) is 0 Å². The Morgan fingerprint density at radius 3 is 1.87 bits per heavy atom. The molecule has 0 N–H and O–H groups in total. The van der Waals surface area contributed by atoms with Crippen LogP contribution in [-0.2, 0) is 22.2 Å². The number of rotatable bonds is 2. The average molecular weight is 363 g/mol. The molecule has 12 heteroatoms. The number of halogens is 7. The molecule has 1 aromatic heterocycles. The molecule has 0 aliphatic carbocycles. The number of sulfone groups is 1. The lowest BCUT2D eigenvalue weighted by Gasteiger charge is -2.06. The zero-order valence-electron chi connectivity index (χ0n) is 10.5. The molecule has 0 amide bonds. The van der Waals surface area contributed by atoms with Crippen LogP contribution in [0.5, 0.6) is 0 Å². The predicted molar refractivity (Wildman–Crippen MR) is 58.4 cm³/mol.